The number of aliphatic hydroxyl groups excluding tert-OH is 3. The fraction of sp³-hybridized carbons (Fsp3) is 0.479. The van der Waals surface area contributed by atoms with Crippen molar-refractivity contribution in [3.8, 4) is 28.7 Å². The van der Waals surface area contributed by atoms with Gasteiger partial charge in [-0.05, 0) is 42.5 Å². The summed E-state index contributed by atoms with van der Waals surface area (Å²) in [7, 11) is 1.54. The van der Waals surface area contributed by atoms with Crippen LogP contribution in [0.1, 0.15) is 71.9 Å². The molecule has 1 aliphatic carbocycles. The predicted octanol–water partition coefficient (Wildman–Crippen LogP) is 2.26. The Kier molecular flexibility index (Phi) is 11.5. The summed E-state index contributed by atoms with van der Waals surface area (Å²) in [5, 5.41) is 56.4. The zero-order valence-electron chi connectivity index (χ0n) is 36.3. The Morgan fingerprint density at radius 3 is 2.55 bits per heavy atom. The number of aliphatic imine (C=N–C) groups is 1. The highest BCUT2D eigenvalue weighted by molar-refractivity contribution is 5.90. The van der Waals surface area contributed by atoms with E-state index in [1.165, 1.54) is 0 Å². The molecule has 350 valence electrons. The molecule has 3 aromatic carbocycles. The molecule has 66 heavy (non-hydrogen) atoms. The molecule has 0 radical (unpaired) electrons. The van der Waals surface area contributed by atoms with Crippen LogP contribution in [0.5, 0.6) is 28.7 Å². The van der Waals surface area contributed by atoms with Gasteiger partial charge in [0.2, 0.25) is 12.0 Å². The number of fused-ring (bicyclic) bond motifs is 9. The van der Waals surface area contributed by atoms with Crippen LogP contribution in [-0.2, 0) is 38.4 Å². The molecule has 6 heterocycles. The van der Waals surface area contributed by atoms with Crippen molar-refractivity contribution in [1.82, 2.24) is 4.90 Å². The van der Waals surface area contributed by atoms with Crippen molar-refractivity contribution in [3.63, 3.8) is 0 Å². The quantitative estimate of drug-likeness (QED) is 0.0737. The van der Waals surface area contributed by atoms with Gasteiger partial charge in [0.25, 0.3) is 0 Å². The first-order chi connectivity index (χ1) is 31.8. The van der Waals surface area contributed by atoms with E-state index in [0.717, 1.165) is 33.5 Å². The van der Waals surface area contributed by atoms with E-state index in [1.54, 1.807) is 19.4 Å². The lowest BCUT2D eigenvalue weighted by Crippen LogP contribution is -2.75. The SMILES string of the molecule is COc1ccc2c(c1OCCO)OC1c3c(cc4c(c3CN3C=C5N=CC=C5C3)CC3(CCCC3)C3(O)C(O4)OC(C(OC(=O)CC(=O)O)C(N)N)C(O)C3O)OC(Cc3ccccc3)C21. The number of carboxylic acid groups (broad SMARTS) is 1. The van der Waals surface area contributed by atoms with Gasteiger partial charge in [0.15, 0.2) is 23.2 Å². The molecular weight excluding hydrogens is 857 g/mol. The van der Waals surface area contributed by atoms with Gasteiger partial charge < -0.3 is 75.1 Å². The van der Waals surface area contributed by atoms with Crippen molar-refractivity contribution < 1.29 is 68.3 Å². The van der Waals surface area contributed by atoms with Crippen molar-refractivity contribution in [2.75, 3.05) is 26.9 Å². The monoisotopic (exact) mass is 910 g/mol. The van der Waals surface area contributed by atoms with Crippen LogP contribution < -0.4 is 35.2 Å². The molecule has 7 aliphatic rings. The maximum absolute atomic E-state index is 13.2. The minimum absolute atomic E-state index is 0.00244. The number of ether oxygens (including phenoxy) is 7. The van der Waals surface area contributed by atoms with Crippen LogP contribution in [0.4, 0.5) is 0 Å². The Morgan fingerprint density at radius 2 is 1.83 bits per heavy atom. The van der Waals surface area contributed by atoms with E-state index in [9.17, 15) is 35.1 Å². The zero-order valence-corrected chi connectivity index (χ0v) is 36.3. The number of rotatable bonds is 13. The number of hydrogen-bond donors (Lipinski definition) is 7. The number of esters is 1. The van der Waals surface area contributed by atoms with Crippen molar-refractivity contribution in [2.45, 2.75) is 112 Å². The number of methoxy groups -OCH3 is 1. The van der Waals surface area contributed by atoms with Crippen LogP contribution in [0, 0.1) is 5.41 Å². The first kappa shape index (κ1) is 44.1. The summed E-state index contributed by atoms with van der Waals surface area (Å²) in [4.78, 5) is 30.8. The van der Waals surface area contributed by atoms with Crippen molar-refractivity contribution >= 4 is 18.2 Å². The molecule has 9 N–H and O–H groups in total. The maximum Gasteiger partial charge on any atom is 0.317 e. The van der Waals surface area contributed by atoms with Crippen molar-refractivity contribution in [3.05, 3.63) is 99.9 Å². The summed E-state index contributed by atoms with van der Waals surface area (Å²) in [6.45, 7) is 0.662. The highest BCUT2D eigenvalue weighted by atomic mass is 16.7. The smallest absolute Gasteiger partial charge is 0.317 e. The number of aliphatic carboxylic acids is 1. The molecule has 0 amide bonds. The highest BCUT2D eigenvalue weighted by Crippen LogP contribution is 2.63. The van der Waals surface area contributed by atoms with Gasteiger partial charge in [-0.15, -0.1) is 0 Å². The Labute approximate surface area is 379 Å². The van der Waals surface area contributed by atoms with Gasteiger partial charge in [-0.25, -0.2) is 0 Å². The first-order valence-electron chi connectivity index (χ1n) is 22.4. The van der Waals surface area contributed by atoms with E-state index >= 15 is 0 Å². The number of carbonyl (C=O) groups is 2. The molecule has 1 saturated heterocycles. The Hall–Kier alpha value is -5.73. The third kappa shape index (κ3) is 7.26. The number of benzene rings is 3. The highest BCUT2D eigenvalue weighted by Gasteiger charge is 2.69. The van der Waals surface area contributed by atoms with Gasteiger partial charge in [0.05, 0.1) is 31.5 Å². The summed E-state index contributed by atoms with van der Waals surface area (Å²) in [5.74, 6) is -1.00. The molecule has 9 atom stereocenters. The van der Waals surface area contributed by atoms with Crippen LogP contribution in [0.15, 0.2) is 77.1 Å². The molecule has 18 nitrogen and oxygen atoms in total. The molecule has 1 spiro atoms. The number of carboxylic acids is 1. The second kappa shape index (κ2) is 17.2. The number of allylic oxidation sites excluding steroid dienone is 1. The molecule has 1 saturated carbocycles. The third-order valence-corrected chi connectivity index (χ3v) is 14.4. The van der Waals surface area contributed by atoms with Gasteiger partial charge in [-0.2, -0.15) is 0 Å². The van der Waals surface area contributed by atoms with Crippen LogP contribution in [0.3, 0.4) is 0 Å². The van der Waals surface area contributed by atoms with Crippen LogP contribution >= 0.6 is 0 Å². The Morgan fingerprint density at radius 1 is 1.05 bits per heavy atom. The summed E-state index contributed by atoms with van der Waals surface area (Å²) < 4.78 is 44.9. The number of nitrogens with two attached hydrogens (primary N) is 2. The minimum Gasteiger partial charge on any atom is -0.493 e. The summed E-state index contributed by atoms with van der Waals surface area (Å²) in [6, 6.07) is 15.5. The zero-order chi connectivity index (χ0) is 46.1. The molecule has 18 heteroatoms. The molecule has 3 aromatic rings. The van der Waals surface area contributed by atoms with Crippen LogP contribution in [-0.4, -0.2) is 124 Å². The molecule has 9 unspecified atom stereocenters. The molecule has 2 fully saturated rings. The Bertz CT molecular complexity index is 2490. The average molecular weight is 911 g/mol. The Balaban J connectivity index is 1.14. The summed E-state index contributed by atoms with van der Waals surface area (Å²) >= 11 is 0. The second-order valence-electron chi connectivity index (χ2n) is 18.2. The van der Waals surface area contributed by atoms with E-state index in [-0.39, 0.29) is 25.6 Å². The van der Waals surface area contributed by atoms with Gasteiger partial charge in [-0.1, -0.05) is 49.2 Å². The number of hydrogen-bond acceptors (Lipinski definition) is 17. The number of carbonyl (C=O) groups excluding carboxylic acids is 1. The van der Waals surface area contributed by atoms with E-state index in [0.29, 0.717) is 79.5 Å². The third-order valence-electron chi connectivity index (χ3n) is 14.4. The standard InChI is InChI=1S/C48H54N4O14/c1-60-30-10-9-26-36-32(17-24-7-3-2-4-8-24)62-33-18-31-27(28(22-52-21-25-11-14-51-29(25)23-52)37(33)41(36)65-39(26)40(30)61-16-15-53)20-47(12-5-6-13-47)48(59)44(58)38(57)42(66-46(48)63-31)43(45(49)50)64-35(56)19-34(54)55/h2-4,7-11,14,18,23,32,36,38,41-46,53,57-59H,5-6,12-13,15-17,19-22,49-50H2,1H3,(H,54,55). The minimum atomic E-state index is -2.24. The number of nitrogens with zero attached hydrogens (tertiary/aromatic N) is 2. The van der Waals surface area contributed by atoms with E-state index < -0.39 is 78.5 Å². The van der Waals surface area contributed by atoms with Gasteiger partial charge in [0, 0.05) is 65.7 Å². The number of aliphatic hydroxyl groups is 4. The van der Waals surface area contributed by atoms with Crippen molar-refractivity contribution in [1.29, 1.82) is 0 Å². The fourth-order valence-electron chi connectivity index (χ4n) is 11.4. The van der Waals surface area contributed by atoms with E-state index in [2.05, 4.69) is 9.89 Å². The van der Waals surface area contributed by atoms with Crippen LogP contribution in [0.2, 0.25) is 0 Å². The molecule has 6 aliphatic heterocycles. The summed E-state index contributed by atoms with van der Waals surface area (Å²) in [6.07, 6.45) is -3.81. The molecule has 10 rings (SSSR count). The normalized spacial score (nSPS) is 28.8. The fourth-order valence-corrected chi connectivity index (χ4v) is 11.4. The van der Waals surface area contributed by atoms with Gasteiger partial charge in [0.1, 0.15) is 55.0 Å². The first-order valence-corrected chi connectivity index (χ1v) is 22.4. The summed E-state index contributed by atoms with van der Waals surface area (Å²) in [5.41, 5.74) is 14.8. The molecule has 0 aromatic heterocycles. The molecular formula is C48H54N4O14. The maximum atomic E-state index is 13.2. The van der Waals surface area contributed by atoms with E-state index in [1.807, 2.05) is 54.7 Å². The largest absolute Gasteiger partial charge is 0.493 e. The topological polar surface area (TPSA) is 268 Å². The lowest BCUT2D eigenvalue weighted by atomic mass is 9.61. The average Bonchev–Trinajstić information content (AvgIpc) is 4.10. The van der Waals surface area contributed by atoms with Crippen LogP contribution in [0.25, 0.3) is 0 Å². The van der Waals surface area contributed by atoms with E-state index in [4.69, 9.17) is 44.6 Å². The lowest BCUT2D eigenvalue weighted by Gasteiger charge is -2.55. The van der Waals surface area contributed by atoms with Gasteiger partial charge >= 0.3 is 11.9 Å². The predicted molar refractivity (Wildman–Crippen MR) is 233 cm³/mol. The van der Waals surface area contributed by atoms with Crippen molar-refractivity contribution in [2.24, 2.45) is 21.9 Å². The lowest BCUT2D eigenvalue weighted by molar-refractivity contribution is -0.356. The molecule has 0 bridgehead atoms. The second-order valence-corrected chi connectivity index (χ2v) is 18.2. The van der Waals surface area contributed by atoms with Gasteiger partial charge in [-0.3, -0.25) is 14.6 Å².